The lowest BCUT2D eigenvalue weighted by Crippen LogP contribution is -2.15. The molecule has 3 aromatic heterocycles. The van der Waals surface area contributed by atoms with Gasteiger partial charge in [-0.3, -0.25) is 4.79 Å². The Labute approximate surface area is 130 Å². The maximum absolute atomic E-state index is 12.2. The van der Waals surface area contributed by atoms with Gasteiger partial charge in [-0.1, -0.05) is 11.6 Å². The number of anilines is 1. The minimum absolute atomic E-state index is 0.161. The smallest absolute Gasteiger partial charge is 0.276 e. The maximum Gasteiger partial charge on any atom is 0.276 e. The number of carbonyl (C=O) groups excluding carboxylic acids is 1. The van der Waals surface area contributed by atoms with Crippen LogP contribution in [-0.2, 0) is 0 Å². The van der Waals surface area contributed by atoms with Crippen molar-refractivity contribution in [3.63, 3.8) is 0 Å². The fourth-order valence-electron chi connectivity index (χ4n) is 2.02. The third-order valence-electron chi connectivity index (χ3n) is 3.00. The standard InChI is InChI=1S/C14H12ClN5O2/c1-8-6-20-7-10(11(22-2)3-13(20)18-8)19-14(21)9-4-17-12(15)5-16-9/h3-7H,1-2H3,(H,19,21). The number of hydrogen-bond acceptors (Lipinski definition) is 5. The molecule has 0 aliphatic rings. The first kappa shape index (κ1) is 14.3. The molecule has 0 aliphatic heterocycles. The number of hydrogen-bond donors (Lipinski definition) is 1. The Kier molecular flexibility index (Phi) is 3.64. The molecule has 112 valence electrons. The number of amides is 1. The number of nitrogens with one attached hydrogen (secondary N) is 1. The quantitative estimate of drug-likeness (QED) is 0.802. The summed E-state index contributed by atoms with van der Waals surface area (Å²) in [5.74, 6) is 0.104. The predicted octanol–water partition coefficient (Wildman–Crippen LogP) is 2.35. The van der Waals surface area contributed by atoms with Crippen LogP contribution in [0, 0.1) is 6.92 Å². The molecule has 8 heteroatoms. The van der Waals surface area contributed by atoms with E-state index in [0.717, 1.165) is 11.3 Å². The zero-order valence-electron chi connectivity index (χ0n) is 11.9. The normalized spacial score (nSPS) is 10.7. The second kappa shape index (κ2) is 5.61. The van der Waals surface area contributed by atoms with E-state index in [1.165, 1.54) is 19.5 Å². The lowest BCUT2D eigenvalue weighted by atomic mass is 10.3. The Balaban J connectivity index is 1.94. The van der Waals surface area contributed by atoms with E-state index < -0.39 is 5.91 Å². The highest BCUT2D eigenvalue weighted by atomic mass is 35.5. The molecule has 3 heterocycles. The molecule has 0 unspecified atom stereocenters. The van der Waals surface area contributed by atoms with Crippen LogP contribution in [0.4, 0.5) is 5.69 Å². The highest BCUT2D eigenvalue weighted by Crippen LogP contribution is 2.26. The van der Waals surface area contributed by atoms with Crippen molar-refractivity contribution >= 4 is 28.8 Å². The Hall–Kier alpha value is -2.67. The molecular weight excluding hydrogens is 306 g/mol. The van der Waals surface area contributed by atoms with Gasteiger partial charge in [0, 0.05) is 18.5 Å². The van der Waals surface area contributed by atoms with Crippen molar-refractivity contribution < 1.29 is 9.53 Å². The van der Waals surface area contributed by atoms with E-state index in [1.807, 2.05) is 13.1 Å². The van der Waals surface area contributed by atoms with Crippen LogP contribution in [0.25, 0.3) is 5.65 Å². The third kappa shape index (κ3) is 2.71. The van der Waals surface area contributed by atoms with Gasteiger partial charge in [0.05, 0.1) is 25.2 Å². The maximum atomic E-state index is 12.2. The Morgan fingerprint density at radius 1 is 1.32 bits per heavy atom. The van der Waals surface area contributed by atoms with Crippen LogP contribution in [0.2, 0.25) is 5.15 Å². The fraction of sp³-hybridized carbons (Fsp3) is 0.143. The zero-order valence-corrected chi connectivity index (χ0v) is 12.6. The lowest BCUT2D eigenvalue weighted by molar-refractivity contribution is 0.102. The number of aryl methyl sites for hydroxylation is 1. The molecule has 1 amide bonds. The first-order valence-corrected chi connectivity index (χ1v) is 6.77. The van der Waals surface area contributed by atoms with Crippen molar-refractivity contribution in [3.05, 3.63) is 47.4 Å². The molecule has 0 aliphatic carbocycles. The van der Waals surface area contributed by atoms with Gasteiger partial charge in [0.25, 0.3) is 5.91 Å². The van der Waals surface area contributed by atoms with Crippen LogP contribution in [0.5, 0.6) is 5.75 Å². The first-order chi connectivity index (χ1) is 10.6. The summed E-state index contributed by atoms with van der Waals surface area (Å²) in [6.45, 7) is 1.89. The van der Waals surface area contributed by atoms with Crippen molar-refractivity contribution in [2.24, 2.45) is 0 Å². The monoisotopic (exact) mass is 317 g/mol. The van der Waals surface area contributed by atoms with E-state index in [4.69, 9.17) is 16.3 Å². The first-order valence-electron chi connectivity index (χ1n) is 6.39. The molecule has 0 saturated heterocycles. The van der Waals surface area contributed by atoms with Crippen LogP contribution in [0.1, 0.15) is 16.2 Å². The molecule has 3 rings (SSSR count). The van der Waals surface area contributed by atoms with Crippen molar-refractivity contribution in [2.75, 3.05) is 12.4 Å². The third-order valence-corrected chi connectivity index (χ3v) is 3.19. The number of fused-ring (bicyclic) bond motifs is 1. The number of halogens is 1. The van der Waals surface area contributed by atoms with Crippen molar-refractivity contribution in [1.82, 2.24) is 19.4 Å². The van der Waals surface area contributed by atoms with Gasteiger partial charge in [0.2, 0.25) is 0 Å². The molecule has 0 radical (unpaired) electrons. The molecule has 0 spiro atoms. The van der Waals surface area contributed by atoms with E-state index in [-0.39, 0.29) is 10.8 Å². The highest BCUT2D eigenvalue weighted by molar-refractivity contribution is 6.29. The highest BCUT2D eigenvalue weighted by Gasteiger charge is 2.13. The Morgan fingerprint density at radius 3 is 2.82 bits per heavy atom. The Bertz CT molecular complexity index is 844. The van der Waals surface area contributed by atoms with Crippen molar-refractivity contribution in [2.45, 2.75) is 6.92 Å². The molecule has 0 aromatic carbocycles. The van der Waals surface area contributed by atoms with Crippen LogP contribution in [0.15, 0.2) is 30.9 Å². The van der Waals surface area contributed by atoms with E-state index in [0.29, 0.717) is 11.4 Å². The summed E-state index contributed by atoms with van der Waals surface area (Å²) in [5.41, 5.74) is 2.27. The van der Waals surface area contributed by atoms with Gasteiger partial charge in [-0.2, -0.15) is 0 Å². The van der Waals surface area contributed by atoms with Crippen LogP contribution in [-0.4, -0.2) is 32.4 Å². The average molecular weight is 318 g/mol. The molecule has 0 atom stereocenters. The second-order valence-electron chi connectivity index (χ2n) is 4.58. The number of carbonyl (C=O) groups is 1. The molecule has 1 N–H and O–H groups in total. The number of rotatable bonds is 3. The molecule has 22 heavy (non-hydrogen) atoms. The number of imidazole rings is 1. The summed E-state index contributed by atoms with van der Waals surface area (Å²) in [6, 6.07) is 1.75. The molecule has 3 aromatic rings. The lowest BCUT2D eigenvalue weighted by Gasteiger charge is -2.10. The van der Waals surface area contributed by atoms with E-state index in [9.17, 15) is 4.79 Å². The number of methoxy groups -OCH3 is 1. The summed E-state index contributed by atoms with van der Waals surface area (Å²) >= 11 is 5.66. The molecule has 0 bridgehead atoms. The second-order valence-corrected chi connectivity index (χ2v) is 4.97. The van der Waals surface area contributed by atoms with Gasteiger partial charge in [-0.15, -0.1) is 0 Å². The zero-order chi connectivity index (χ0) is 15.7. The fourth-order valence-corrected chi connectivity index (χ4v) is 2.12. The topological polar surface area (TPSA) is 81.4 Å². The Morgan fingerprint density at radius 2 is 2.14 bits per heavy atom. The summed E-state index contributed by atoms with van der Waals surface area (Å²) in [4.78, 5) is 24.3. The number of ether oxygens (including phenoxy) is 1. The predicted molar refractivity (Wildman–Crippen MR) is 81.5 cm³/mol. The molecule has 0 saturated carbocycles. The SMILES string of the molecule is COc1cc2nc(C)cn2cc1NC(=O)c1cnc(Cl)cn1. The largest absolute Gasteiger partial charge is 0.494 e. The molecule has 0 fully saturated rings. The van der Waals surface area contributed by atoms with Gasteiger partial charge in [0.1, 0.15) is 27.9 Å². The summed E-state index contributed by atoms with van der Waals surface area (Å²) in [7, 11) is 1.53. The van der Waals surface area contributed by atoms with Gasteiger partial charge in [-0.05, 0) is 6.92 Å². The number of nitrogens with zero attached hydrogens (tertiary/aromatic N) is 4. The van der Waals surface area contributed by atoms with Gasteiger partial charge < -0.3 is 14.5 Å². The number of aromatic nitrogens is 4. The van der Waals surface area contributed by atoms with E-state index >= 15 is 0 Å². The van der Waals surface area contributed by atoms with Crippen LogP contribution >= 0.6 is 11.6 Å². The van der Waals surface area contributed by atoms with E-state index in [2.05, 4.69) is 20.3 Å². The van der Waals surface area contributed by atoms with Gasteiger partial charge >= 0.3 is 0 Å². The van der Waals surface area contributed by atoms with Crippen molar-refractivity contribution in [3.8, 4) is 5.75 Å². The minimum Gasteiger partial charge on any atom is -0.494 e. The summed E-state index contributed by atoms with van der Waals surface area (Å²) in [5, 5.41) is 2.97. The van der Waals surface area contributed by atoms with Crippen LogP contribution in [0.3, 0.4) is 0 Å². The average Bonchev–Trinajstić information content (AvgIpc) is 2.86. The van der Waals surface area contributed by atoms with Crippen molar-refractivity contribution in [1.29, 1.82) is 0 Å². The van der Waals surface area contributed by atoms with Gasteiger partial charge in [0.15, 0.2) is 0 Å². The van der Waals surface area contributed by atoms with Crippen LogP contribution < -0.4 is 10.1 Å². The molecular formula is C14H12ClN5O2. The minimum atomic E-state index is -0.404. The summed E-state index contributed by atoms with van der Waals surface area (Å²) < 4.78 is 7.10. The molecule has 7 nitrogen and oxygen atoms in total. The van der Waals surface area contributed by atoms with Gasteiger partial charge in [-0.25, -0.2) is 15.0 Å². The summed E-state index contributed by atoms with van der Waals surface area (Å²) in [6.07, 6.45) is 6.21. The number of pyridine rings is 1. The van der Waals surface area contributed by atoms with E-state index in [1.54, 1.807) is 16.7 Å².